The fourth-order valence-electron chi connectivity index (χ4n) is 1.10. The maximum absolute atomic E-state index is 5.26. The molecule has 0 radical (unpaired) electrons. The number of nitrogens with zero attached hydrogens (tertiary/aromatic N) is 1. The fourth-order valence-corrected chi connectivity index (χ4v) is 1.10. The monoisotopic (exact) mass is 208 g/mol. The number of nitrogens with one attached hydrogen (secondary N) is 1. The molecule has 1 aromatic carbocycles. The number of nitrogens with two attached hydrogens (primary N) is 2. The first-order valence-electron chi connectivity index (χ1n) is 4.65. The third kappa shape index (κ3) is 4.33. The minimum Gasteiger partial charge on any atom is -0.383 e. The Kier molecular flexibility index (Phi) is 4.43. The van der Waals surface area contributed by atoms with Crippen molar-refractivity contribution in [2.45, 2.75) is 0 Å². The van der Waals surface area contributed by atoms with E-state index in [9.17, 15) is 0 Å². The van der Waals surface area contributed by atoms with Gasteiger partial charge >= 0.3 is 0 Å². The SMILES string of the molecule is COCCNc1ccc(N=C(N)N)cc1. The van der Waals surface area contributed by atoms with Crippen molar-refractivity contribution in [3.8, 4) is 0 Å². The van der Waals surface area contributed by atoms with E-state index in [2.05, 4.69) is 10.3 Å². The van der Waals surface area contributed by atoms with Gasteiger partial charge in [-0.15, -0.1) is 0 Å². The number of aliphatic imine (C=N–C) groups is 1. The Morgan fingerprint density at radius 2 is 2.00 bits per heavy atom. The quantitative estimate of drug-likeness (QED) is 0.377. The van der Waals surface area contributed by atoms with Crippen LogP contribution in [0.4, 0.5) is 11.4 Å². The van der Waals surface area contributed by atoms with Gasteiger partial charge in [0.2, 0.25) is 0 Å². The minimum atomic E-state index is 0.0649. The van der Waals surface area contributed by atoms with E-state index in [1.54, 1.807) is 7.11 Å². The third-order valence-electron chi connectivity index (χ3n) is 1.76. The Hall–Kier alpha value is -1.75. The lowest BCUT2D eigenvalue weighted by Gasteiger charge is -2.05. The molecular weight excluding hydrogens is 192 g/mol. The van der Waals surface area contributed by atoms with E-state index in [4.69, 9.17) is 16.2 Å². The van der Waals surface area contributed by atoms with Crippen LogP contribution in [0.5, 0.6) is 0 Å². The standard InChI is InChI=1S/C10H16N4O/c1-15-7-6-13-8-2-4-9(5-3-8)14-10(11)12/h2-5,13H,6-7H2,1H3,(H4,11,12,14). The Labute approximate surface area is 89.1 Å². The smallest absolute Gasteiger partial charge is 0.191 e. The van der Waals surface area contributed by atoms with Crippen LogP contribution in [0.25, 0.3) is 0 Å². The summed E-state index contributed by atoms with van der Waals surface area (Å²) in [6, 6.07) is 7.51. The molecule has 0 aliphatic rings. The Morgan fingerprint density at radius 1 is 1.33 bits per heavy atom. The van der Waals surface area contributed by atoms with Crippen molar-refractivity contribution >= 4 is 17.3 Å². The van der Waals surface area contributed by atoms with Gasteiger partial charge in [-0.25, -0.2) is 4.99 Å². The van der Waals surface area contributed by atoms with Gasteiger partial charge in [0.1, 0.15) is 0 Å². The predicted molar refractivity (Wildman–Crippen MR) is 62.3 cm³/mol. The molecule has 5 N–H and O–H groups in total. The van der Waals surface area contributed by atoms with Gasteiger partial charge in [0.05, 0.1) is 12.3 Å². The Morgan fingerprint density at radius 3 is 2.53 bits per heavy atom. The maximum Gasteiger partial charge on any atom is 0.191 e. The average molecular weight is 208 g/mol. The Bertz CT molecular complexity index is 317. The van der Waals surface area contributed by atoms with E-state index in [1.807, 2.05) is 24.3 Å². The molecule has 0 unspecified atom stereocenters. The molecule has 15 heavy (non-hydrogen) atoms. The summed E-state index contributed by atoms with van der Waals surface area (Å²) in [5, 5.41) is 3.19. The molecule has 0 aliphatic carbocycles. The summed E-state index contributed by atoms with van der Waals surface area (Å²) in [6.07, 6.45) is 0. The second-order valence-electron chi connectivity index (χ2n) is 3.00. The topological polar surface area (TPSA) is 85.7 Å². The highest BCUT2D eigenvalue weighted by atomic mass is 16.5. The zero-order valence-corrected chi connectivity index (χ0v) is 8.73. The van der Waals surface area contributed by atoms with Crippen molar-refractivity contribution in [1.82, 2.24) is 0 Å². The van der Waals surface area contributed by atoms with E-state index in [0.29, 0.717) is 6.61 Å². The van der Waals surface area contributed by atoms with Crippen molar-refractivity contribution < 1.29 is 4.74 Å². The van der Waals surface area contributed by atoms with Crippen molar-refractivity contribution in [1.29, 1.82) is 0 Å². The molecule has 0 heterocycles. The first-order chi connectivity index (χ1) is 7.22. The summed E-state index contributed by atoms with van der Waals surface area (Å²) in [5.41, 5.74) is 12.3. The van der Waals surface area contributed by atoms with Crippen LogP contribution < -0.4 is 16.8 Å². The molecule has 82 valence electrons. The van der Waals surface area contributed by atoms with Gasteiger partial charge in [-0.2, -0.15) is 0 Å². The number of methoxy groups -OCH3 is 1. The van der Waals surface area contributed by atoms with E-state index in [0.717, 1.165) is 17.9 Å². The van der Waals surface area contributed by atoms with Crippen LogP contribution in [-0.2, 0) is 4.74 Å². The van der Waals surface area contributed by atoms with Crippen LogP contribution in [0.1, 0.15) is 0 Å². The van der Waals surface area contributed by atoms with Gasteiger partial charge in [0, 0.05) is 19.3 Å². The molecule has 0 fully saturated rings. The molecule has 0 aliphatic heterocycles. The summed E-state index contributed by atoms with van der Waals surface area (Å²) in [5.74, 6) is 0.0649. The van der Waals surface area contributed by atoms with Gasteiger partial charge < -0.3 is 21.5 Å². The molecule has 1 aromatic rings. The van der Waals surface area contributed by atoms with E-state index in [1.165, 1.54) is 0 Å². The van der Waals surface area contributed by atoms with Gasteiger partial charge in [-0.3, -0.25) is 0 Å². The number of anilines is 1. The van der Waals surface area contributed by atoms with Crippen LogP contribution in [-0.4, -0.2) is 26.2 Å². The molecule has 0 amide bonds. The van der Waals surface area contributed by atoms with Crippen LogP contribution in [0.3, 0.4) is 0 Å². The lowest BCUT2D eigenvalue weighted by molar-refractivity contribution is 0.211. The normalized spacial score (nSPS) is 9.67. The number of benzene rings is 1. The largest absolute Gasteiger partial charge is 0.383 e. The van der Waals surface area contributed by atoms with Crippen molar-refractivity contribution in [3.63, 3.8) is 0 Å². The lowest BCUT2D eigenvalue weighted by Crippen LogP contribution is -2.21. The zero-order valence-electron chi connectivity index (χ0n) is 8.73. The third-order valence-corrected chi connectivity index (χ3v) is 1.76. The van der Waals surface area contributed by atoms with E-state index in [-0.39, 0.29) is 5.96 Å². The van der Waals surface area contributed by atoms with Crippen LogP contribution in [0.2, 0.25) is 0 Å². The molecule has 0 saturated carbocycles. The average Bonchev–Trinajstić information content (AvgIpc) is 2.20. The van der Waals surface area contributed by atoms with E-state index >= 15 is 0 Å². The molecule has 5 heteroatoms. The van der Waals surface area contributed by atoms with Gasteiger partial charge in [0.15, 0.2) is 5.96 Å². The first-order valence-corrected chi connectivity index (χ1v) is 4.65. The lowest BCUT2D eigenvalue weighted by atomic mass is 10.3. The van der Waals surface area contributed by atoms with Crippen LogP contribution >= 0.6 is 0 Å². The number of guanidine groups is 1. The number of rotatable bonds is 5. The summed E-state index contributed by atoms with van der Waals surface area (Å²) in [4.78, 5) is 3.92. The molecule has 0 spiro atoms. The molecule has 5 nitrogen and oxygen atoms in total. The summed E-state index contributed by atoms with van der Waals surface area (Å²) in [7, 11) is 1.67. The van der Waals surface area contributed by atoms with Gasteiger partial charge in [0.25, 0.3) is 0 Å². The molecule has 0 saturated heterocycles. The van der Waals surface area contributed by atoms with Gasteiger partial charge in [-0.1, -0.05) is 0 Å². The maximum atomic E-state index is 5.26. The second kappa shape index (κ2) is 5.87. The highest BCUT2D eigenvalue weighted by molar-refractivity contribution is 5.79. The minimum absolute atomic E-state index is 0.0649. The van der Waals surface area contributed by atoms with Gasteiger partial charge in [-0.05, 0) is 24.3 Å². The van der Waals surface area contributed by atoms with Crippen LogP contribution in [0, 0.1) is 0 Å². The zero-order chi connectivity index (χ0) is 11.1. The Balaban J connectivity index is 2.53. The summed E-state index contributed by atoms with van der Waals surface area (Å²) >= 11 is 0. The molecule has 0 aromatic heterocycles. The highest BCUT2D eigenvalue weighted by Crippen LogP contribution is 2.15. The number of hydrogen-bond acceptors (Lipinski definition) is 3. The number of ether oxygens (including phenoxy) is 1. The van der Waals surface area contributed by atoms with Crippen molar-refractivity contribution in [2.75, 3.05) is 25.6 Å². The highest BCUT2D eigenvalue weighted by Gasteiger charge is 1.92. The van der Waals surface area contributed by atoms with Crippen LogP contribution in [0.15, 0.2) is 29.3 Å². The molecule has 0 atom stereocenters. The summed E-state index contributed by atoms with van der Waals surface area (Å²) < 4.78 is 4.92. The van der Waals surface area contributed by atoms with Crippen molar-refractivity contribution in [2.24, 2.45) is 16.5 Å². The van der Waals surface area contributed by atoms with Crippen molar-refractivity contribution in [3.05, 3.63) is 24.3 Å². The molecule has 0 bridgehead atoms. The molecular formula is C10H16N4O. The first kappa shape index (κ1) is 11.3. The number of hydrogen-bond donors (Lipinski definition) is 3. The second-order valence-corrected chi connectivity index (χ2v) is 3.00. The summed E-state index contributed by atoms with van der Waals surface area (Å²) in [6.45, 7) is 1.45. The fraction of sp³-hybridized carbons (Fsp3) is 0.300. The van der Waals surface area contributed by atoms with E-state index < -0.39 is 0 Å². The molecule has 1 rings (SSSR count). The predicted octanol–water partition coefficient (Wildman–Crippen LogP) is 0.650.